The van der Waals surface area contributed by atoms with Gasteiger partial charge < -0.3 is 28.5 Å². The third kappa shape index (κ3) is 5.68. The van der Waals surface area contributed by atoms with Gasteiger partial charge in [0.2, 0.25) is 5.78 Å². The topological polar surface area (TPSA) is 135 Å². The van der Waals surface area contributed by atoms with Crippen LogP contribution in [0.15, 0.2) is 41.7 Å². The van der Waals surface area contributed by atoms with E-state index in [1.165, 1.54) is 13.8 Å². The smallest absolute Gasteiger partial charge is 0.338 e. The molecular weight excluding hydrogens is 632 g/mol. The molecule has 1 aromatic rings. The molecule has 5 rings (SSSR count). The average molecular weight is 685 g/mol. The normalized spacial score (nSPS) is 35.6. The Morgan fingerprint density at radius 1 is 0.979 bits per heavy atom. The zero-order valence-corrected chi connectivity index (χ0v) is 30.8. The van der Waals surface area contributed by atoms with Gasteiger partial charge in [0, 0.05) is 32.1 Å². The van der Waals surface area contributed by atoms with Gasteiger partial charge in [0.1, 0.15) is 12.2 Å². The minimum atomic E-state index is -2.40. The summed E-state index contributed by atoms with van der Waals surface area (Å²) in [5, 5.41) is 11.6. The van der Waals surface area contributed by atoms with Crippen molar-refractivity contribution in [3.05, 3.63) is 47.2 Å². The number of carbonyl (C=O) groups excluding carboxylic acids is 4. The number of allylic oxidation sites excluding steroid dienone is 1. The summed E-state index contributed by atoms with van der Waals surface area (Å²) in [5.41, 5.74) is -2.92. The van der Waals surface area contributed by atoms with E-state index in [1.54, 1.807) is 37.3 Å². The van der Waals surface area contributed by atoms with Crippen molar-refractivity contribution in [2.45, 2.75) is 123 Å². The monoisotopic (exact) mass is 684 g/mol. The quantitative estimate of drug-likeness (QED) is 0.194. The van der Waals surface area contributed by atoms with E-state index in [1.807, 2.05) is 20.8 Å². The van der Waals surface area contributed by atoms with Gasteiger partial charge in [-0.05, 0) is 54.6 Å². The second kappa shape index (κ2) is 13.1. The molecule has 2 bridgehead atoms. The summed E-state index contributed by atoms with van der Waals surface area (Å²) in [6.45, 7) is 16.4. The molecule has 4 aliphatic rings. The number of Topliss-reactive ketones (excluding diaryl/α,β-unsaturated/α-hetero) is 1. The Labute approximate surface area is 285 Å². The van der Waals surface area contributed by atoms with Crippen LogP contribution in [0.4, 0.5) is 0 Å². The van der Waals surface area contributed by atoms with Crippen molar-refractivity contribution in [1.82, 2.24) is 0 Å². The van der Waals surface area contributed by atoms with Crippen molar-refractivity contribution in [2.75, 3.05) is 6.61 Å². The van der Waals surface area contributed by atoms with Crippen molar-refractivity contribution < 1.29 is 47.7 Å². The highest BCUT2D eigenvalue weighted by Crippen LogP contribution is 2.64. The molecule has 1 aliphatic heterocycles. The van der Waals surface area contributed by atoms with Crippen LogP contribution in [0.5, 0.6) is 0 Å². The maximum Gasteiger partial charge on any atom is 0.338 e. The van der Waals surface area contributed by atoms with Gasteiger partial charge in [-0.15, -0.1) is 0 Å². The fourth-order valence-electron chi connectivity index (χ4n) is 9.42. The highest BCUT2D eigenvalue weighted by molar-refractivity contribution is 6.73. The lowest BCUT2D eigenvalue weighted by Gasteiger charge is -2.66. The minimum absolute atomic E-state index is 0.0135. The summed E-state index contributed by atoms with van der Waals surface area (Å²) >= 11 is 0. The van der Waals surface area contributed by atoms with Crippen LogP contribution >= 0.6 is 0 Å². The third-order valence-electron chi connectivity index (χ3n) is 12.3. The fraction of sp³-hybridized carbons (Fsp3) is 0.676. The molecule has 3 unspecified atom stereocenters. The second-order valence-electron chi connectivity index (χ2n) is 15.0. The van der Waals surface area contributed by atoms with Crippen LogP contribution in [-0.2, 0) is 37.8 Å². The number of fused-ring (bicyclic) bond motifs is 5. The zero-order chi connectivity index (χ0) is 35.4. The molecule has 48 heavy (non-hydrogen) atoms. The Kier molecular flexibility index (Phi) is 9.95. The van der Waals surface area contributed by atoms with Gasteiger partial charge in [0.25, 0.3) is 0 Å². The highest BCUT2D eigenvalue weighted by atomic mass is 28.4. The van der Waals surface area contributed by atoms with Crippen LogP contribution in [0.1, 0.15) is 85.5 Å². The number of aliphatic hydroxyl groups excluding tert-OH is 1. The predicted molar refractivity (Wildman–Crippen MR) is 179 cm³/mol. The number of benzene rings is 1. The van der Waals surface area contributed by atoms with Crippen molar-refractivity contribution in [1.29, 1.82) is 0 Å². The number of aliphatic hydroxyl groups is 1. The standard InChI is InChI=1S/C37H52O10Si/c1-10-48(11-2,12-3)47-27-19-28-37(20-43-28,46-23(6)39)32-30(45-34(42)24-16-14-13-15-17-24)25-18-26(40)21(4)29(35(25,7)8)31(44-22(5)38)33(41)36(27,32)9/h13-17,21,25-28,30,32,40H,10-12,18-20H2,1-9H3/t21?,25?,26-,27-,28+,30+,32?,36+,37-/m0/s1. The SMILES string of the molecule is CC[Si](CC)(CC)O[C@H]1C[C@H]2OC[C@@]2(OC(C)=O)C2[C@H](OC(=O)c3ccccc3)C3C[C@H](O)C(C)C(=C(OC(C)=O)C(=O)[C@@]21C)C3(C)C. The van der Waals surface area contributed by atoms with Crippen LogP contribution < -0.4 is 0 Å². The third-order valence-corrected chi connectivity index (χ3v) is 16.9. The fourth-order valence-corrected chi connectivity index (χ4v) is 12.4. The van der Waals surface area contributed by atoms with E-state index < -0.39 is 90.6 Å². The number of hydrogen-bond acceptors (Lipinski definition) is 10. The summed E-state index contributed by atoms with van der Waals surface area (Å²) in [6, 6.07) is 11.1. The van der Waals surface area contributed by atoms with Gasteiger partial charge >= 0.3 is 17.9 Å². The molecule has 0 aromatic heterocycles. The van der Waals surface area contributed by atoms with Crippen LogP contribution in [0.2, 0.25) is 18.1 Å². The van der Waals surface area contributed by atoms with Crippen LogP contribution in [0.3, 0.4) is 0 Å². The predicted octanol–water partition coefficient (Wildman–Crippen LogP) is 5.77. The lowest BCUT2D eigenvalue weighted by atomic mass is 9.46. The molecule has 1 N–H and O–H groups in total. The van der Waals surface area contributed by atoms with Crippen LogP contribution in [0, 0.1) is 28.6 Å². The van der Waals surface area contributed by atoms with E-state index in [9.17, 15) is 19.5 Å². The van der Waals surface area contributed by atoms with Gasteiger partial charge in [-0.2, -0.15) is 0 Å². The summed E-state index contributed by atoms with van der Waals surface area (Å²) in [7, 11) is -2.40. The first kappa shape index (κ1) is 36.4. The summed E-state index contributed by atoms with van der Waals surface area (Å²) in [6.07, 6.45) is -2.86. The van der Waals surface area contributed by atoms with E-state index in [-0.39, 0.29) is 25.2 Å². The first-order valence-electron chi connectivity index (χ1n) is 17.4. The molecule has 0 radical (unpaired) electrons. The van der Waals surface area contributed by atoms with Gasteiger partial charge in [-0.3, -0.25) is 14.4 Å². The Hall–Kier alpha value is -2.86. The number of ether oxygens (including phenoxy) is 4. The maximum absolute atomic E-state index is 15.6. The van der Waals surface area contributed by atoms with E-state index in [2.05, 4.69) is 20.8 Å². The number of esters is 3. The summed E-state index contributed by atoms with van der Waals surface area (Å²) < 4.78 is 32.2. The van der Waals surface area contributed by atoms with E-state index in [4.69, 9.17) is 23.4 Å². The van der Waals surface area contributed by atoms with Crippen LogP contribution in [0.25, 0.3) is 0 Å². The molecule has 1 saturated heterocycles. The first-order chi connectivity index (χ1) is 22.5. The second-order valence-corrected chi connectivity index (χ2v) is 19.7. The van der Waals surface area contributed by atoms with E-state index in [0.717, 1.165) is 18.1 Å². The Morgan fingerprint density at radius 2 is 1.60 bits per heavy atom. The van der Waals surface area contributed by atoms with Gasteiger partial charge in [0.15, 0.2) is 19.7 Å². The van der Waals surface area contributed by atoms with E-state index in [0.29, 0.717) is 11.1 Å². The van der Waals surface area contributed by atoms with Gasteiger partial charge in [-0.1, -0.05) is 59.7 Å². The van der Waals surface area contributed by atoms with Gasteiger partial charge in [0.05, 0.1) is 35.7 Å². The largest absolute Gasteiger partial charge is 0.458 e. The van der Waals surface area contributed by atoms with Crippen molar-refractivity contribution in [3.8, 4) is 0 Å². The maximum atomic E-state index is 15.6. The molecule has 0 amide bonds. The lowest BCUT2D eigenvalue weighted by Crippen LogP contribution is -2.79. The number of hydrogen-bond donors (Lipinski definition) is 1. The molecule has 1 heterocycles. The van der Waals surface area contributed by atoms with Gasteiger partial charge in [-0.25, -0.2) is 4.79 Å². The molecule has 264 valence electrons. The molecule has 9 atom stereocenters. The Bertz CT molecular complexity index is 1460. The molecular formula is C37H52O10Si. The van der Waals surface area contributed by atoms with Crippen molar-refractivity contribution in [2.24, 2.45) is 28.6 Å². The first-order valence-corrected chi connectivity index (χ1v) is 20.0. The molecule has 11 heteroatoms. The number of carbonyl (C=O) groups is 4. The van der Waals surface area contributed by atoms with Crippen molar-refractivity contribution in [3.63, 3.8) is 0 Å². The Balaban J connectivity index is 1.86. The summed E-state index contributed by atoms with van der Waals surface area (Å²) in [5.74, 6) is -4.49. The summed E-state index contributed by atoms with van der Waals surface area (Å²) in [4.78, 5) is 55.4. The van der Waals surface area contributed by atoms with Crippen LogP contribution in [-0.4, -0.2) is 73.7 Å². The molecule has 3 fully saturated rings. The number of ketones is 1. The highest BCUT2D eigenvalue weighted by Gasteiger charge is 2.75. The number of rotatable bonds is 9. The zero-order valence-electron chi connectivity index (χ0n) is 29.8. The van der Waals surface area contributed by atoms with E-state index >= 15 is 4.79 Å². The molecule has 2 saturated carbocycles. The lowest BCUT2D eigenvalue weighted by molar-refractivity contribution is -0.333. The molecule has 0 spiro atoms. The molecule has 3 aliphatic carbocycles. The minimum Gasteiger partial charge on any atom is -0.458 e. The molecule has 1 aromatic carbocycles. The van der Waals surface area contributed by atoms with Crippen molar-refractivity contribution >= 4 is 32.0 Å². The average Bonchev–Trinajstić information content (AvgIpc) is 3.03. The molecule has 10 nitrogen and oxygen atoms in total. The Morgan fingerprint density at radius 3 is 2.12 bits per heavy atom.